The number of sulfonamides is 1. The molecule has 0 saturated carbocycles. The molecular weight excluding hydrogens is 374 g/mol. The van der Waals surface area contributed by atoms with Crippen LogP contribution in [-0.4, -0.2) is 50.2 Å². The number of aromatic nitrogens is 2. The molecule has 9 nitrogen and oxygen atoms in total. The van der Waals surface area contributed by atoms with E-state index in [2.05, 4.69) is 9.97 Å². The van der Waals surface area contributed by atoms with Crippen LogP contribution in [0.1, 0.15) is 11.5 Å². The molecule has 10 heteroatoms. The Labute approximate surface area is 155 Å². The van der Waals surface area contributed by atoms with Gasteiger partial charge in [0.2, 0.25) is 0 Å². The van der Waals surface area contributed by atoms with E-state index in [-0.39, 0.29) is 23.3 Å². The minimum Gasteiger partial charge on any atom is -0.497 e. The smallest absolute Gasteiger partial charge is 0.327 e. The van der Waals surface area contributed by atoms with Gasteiger partial charge >= 0.3 is 12.0 Å². The molecular formula is C17H17N3O6S. The van der Waals surface area contributed by atoms with Crippen LogP contribution in [-0.2, 0) is 14.8 Å². The summed E-state index contributed by atoms with van der Waals surface area (Å²) in [6, 6.07) is 5.99. The number of nitrogens with zero attached hydrogens (tertiary/aromatic N) is 3. The standard InChI is InChI=1S/C17H17N3O6S/c1-25-12-4-6-13(7-5-12)27(23,24)20-10-11(3-8-15(21)22)14-9-18-17(26-2)19-16(14)20/h3-9,11H,10H2,1-2H3,(H,21,22)/b8-3+. The van der Waals surface area contributed by atoms with Crippen molar-refractivity contribution in [3.05, 3.63) is 48.2 Å². The molecule has 0 radical (unpaired) electrons. The van der Waals surface area contributed by atoms with Crippen molar-refractivity contribution in [1.82, 2.24) is 9.97 Å². The van der Waals surface area contributed by atoms with Gasteiger partial charge in [-0.3, -0.25) is 0 Å². The van der Waals surface area contributed by atoms with Gasteiger partial charge in [0, 0.05) is 30.3 Å². The zero-order valence-electron chi connectivity index (χ0n) is 14.6. The first-order valence-electron chi connectivity index (χ1n) is 7.85. The van der Waals surface area contributed by atoms with Crippen LogP contribution in [0.2, 0.25) is 0 Å². The molecule has 0 saturated heterocycles. The van der Waals surface area contributed by atoms with E-state index in [0.717, 1.165) is 10.4 Å². The third-order valence-electron chi connectivity index (χ3n) is 4.07. The maximum absolute atomic E-state index is 13.1. The summed E-state index contributed by atoms with van der Waals surface area (Å²) in [6.45, 7) is 0.00925. The number of carboxylic acids is 1. The summed E-state index contributed by atoms with van der Waals surface area (Å²) in [5.41, 5.74) is 0.505. The average molecular weight is 391 g/mol. The first-order chi connectivity index (χ1) is 12.9. The van der Waals surface area contributed by atoms with Crippen molar-refractivity contribution >= 4 is 21.8 Å². The number of aliphatic carboxylic acids is 1. The van der Waals surface area contributed by atoms with Crippen LogP contribution in [0, 0.1) is 0 Å². The lowest BCUT2D eigenvalue weighted by Crippen LogP contribution is -2.30. The van der Waals surface area contributed by atoms with Crippen molar-refractivity contribution in [3.8, 4) is 11.8 Å². The van der Waals surface area contributed by atoms with Gasteiger partial charge in [-0.25, -0.2) is 22.5 Å². The predicted molar refractivity (Wildman–Crippen MR) is 95.6 cm³/mol. The third kappa shape index (κ3) is 3.56. The van der Waals surface area contributed by atoms with Crippen LogP contribution >= 0.6 is 0 Å². The molecule has 142 valence electrons. The molecule has 1 atom stereocenters. The van der Waals surface area contributed by atoms with Crippen molar-refractivity contribution in [3.63, 3.8) is 0 Å². The maximum Gasteiger partial charge on any atom is 0.327 e. The summed E-state index contributed by atoms with van der Waals surface area (Å²) < 4.78 is 37.4. The fourth-order valence-electron chi connectivity index (χ4n) is 2.74. The number of hydrogen-bond acceptors (Lipinski definition) is 7. The summed E-state index contributed by atoms with van der Waals surface area (Å²) in [7, 11) is -1.06. The summed E-state index contributed by atoms with van der Waals surface area (Å²) >= 11 is 0. The van der Waals surface area contributed by atoms with Crippen molar-refractivity contribution < 1.29 is 27.8 Å². The summed E-state index contributed by atoms with van der Waals surface area (Å²) in [5, 5.41) is 8.88. The number of anilines is 1. The molecule has 3 rings (SSSR count). The van der Waals surface area contributed by atoms with Gasteiger partial charge in [-0.2, -0.15) is 4.98 Å². The lowest BCUT2D eigenvalue weighted by atomic mass is 10.0. The Morgan fingerprint density at radius 3 is 2.56 bits per heavy atom. The number of benzene rings is 1. The average Bonchev–Trinajstić information content (AvgIpc) is 3.05. The summed E-state index contributed by atoms with van der Waals surface area (Å²) in [6.07, 6.45) is 3.84. The minimum absolute atomic E-state index is 0.00925. The summed E-state index contributed by atoms with van der Waals surface area (Å²) in [5.74, 6) is -0.919. The number of carboxylic acid groups (broad SMARTS) is 1. The van der Waals surface area contributed by atoms with Crippen LogP contribution in [0.5, 0.6) is 11.8 Å². The fraction of sp³-hybridized carbons (Fsp3) is 0.235. The van der Waals surface area contributed by atoms with Gasteiger partial charge in [-0.05, 0) is 24.3 Å². The minimum atomic E-state index is -3.92. The zero-order valence-corrected chi connectivity index (χ0v) is 15.4. The Kier molecular flexibility index (Phi) is 5.00. The van der Waals surface area contributed by atoms with Crippen LogP contribution in [0.4, 0.5) is 5.82 Å². The van der Waals surface area contributed by atoms with Crippen molar-refractivity contribution in [1.29, 1.82) is 0 Å². The van der Waals surface area contributed by atoms with E-state index < -0.39 is 21.9 Å². The number of carbonyl (C=O) groups is 1. The number of rotatable bonds is 6. The molecule has 0 bridgehead atoms. The van der Waals surface area contributed by atoms with E-state index in [1.165, 1.54) is 38.6 Å². The quantitative estimate of drug-likeness (QED) is 0.735. The Morgan fingerprint density at radius 1 is 1.26 bits per heavy atom. The molecule has 2 aromatic rings. The van der Waals surface area contributed by atoms with Crippen molar-refractivity contribution in [2.24, 2.45) is 0 Å². The molecule has 1 aromatic carbocycles. The highest BCUT2D eigenvalue weighted by Crippen LogP contribution is 2.39. The third-order valence-corrected chi connectivity index (χ3v) is 5.84. The Balaban J connectivity index is 2.05. The van der Waals surface area contributed by atoms with Gasteiger partial charge in [0.1, 0.15) is 5.75 Å². The number of ether oxygens (including phenoxy) is 2. The van der Waals surface area contributed by atoms with Gasteiger partial charge < -0.3 is 14.6 Å². The number of methoxy groups -OCH3 is 2. The molecule has 1 aromatic heterocycles. The van der Waals surface area contributed by atoms with Crippen LogP contribution < -0.4 is 13.8 Å². The molecule has 2 heterocycles. The highest BCUT2D eigenvalue weighted by molar-refractivity contribution is 7.92. The SMILES string of the molecule is COc1ccc(S(=O)(=O)N2CC(/C=C/C(=O)O)c3cnc(OC)nc32)cc1. The molecule has 1 aliphatic rings. The second kappa shape index (κ2) is 7.23. The monoisotopic (exact) mass is 391 g/mol. The van der Waals surface area contributed by atoms with Crippen LogP contribution in [0.3, 0.4) is 0 Å². The molecule has 0 spiro atoms. The Hall–Kier alpha value is -3.14. The second-order valence-electron chi connectivity index (χ2n) is 5.65. The van der Waals surface area contributed by atoms with Crippen LogP contribution in [0.25, 0.3) is 0 Å². The largest absolute Gasteiger partial charge is 0.497 e. The molecule has 0 amide bonds. The van der Waals surface area contributed by atoms with E-state index in [1.807, 2.05) is 0 Å². The second-order valence-corrected chi connectivity index (χ2v) is 7.51. The Bertz CT molecular complexity index is 988. The molecule has 1 aliphatic heterocycles. The zero-order chi connectivity index (χ0) is 19.6. The first-order valence-corrected chi connectivity index (χ1v) is 9.29. The van der Waals surface area contributed by atoms with Gasteiger partial charge in [0.05, 0.1) is 19.1 Å². The van der Waals surface area contributed by atoms with E-state index in [4.69, 9.17) is 14.6 Å². The topological polar surface area (TPSA) is 119 Å². The number of hydrogen-bond donors (Lipinski definition) is 1. The van der Waals surface area contributed by atoms with Crippen molar-refractivity contribution in [2.75, 3.05) is 25.1 Å². The molecule has 1 N–H and O–H groups in total. The molecule has 0 fully saturated rings. The van der Waals surface area contributed by atoms with Crippen LogP contribution in [0.15, 0.2) is 47.5 Å². The summed E-state index contributed by atoms with van der Waals surface area (Å²) in [4.78, 5) is 19.1. The van der Waals surface area contributed by atoms with Gasteiger partial charge in [-0.15, -0.1) is 0 Å². The first kappa shape index (κ1) is 18.6. The normalized spacial score (nSPS) is 16.4. The van der Waals surface area contributed by atoms with E-state index in [1.54, 1.807) is 12.1 Å². The van der Waals surface area contributed by atoms with Gasteiger partial charge in [-0.1, -0.05) is 6.08 Å². The maximum atomic E-state index is 13.1. The fourth-order valence-corrected chi connectivity index (χ4v) is 4.20. The van der Waals surface area contributed by atoms with E-state index >= 15 is 0 Å². The van der Waals surface area contributed by atoms with E-state index in [0.29, 0.717) is 11.3 Å². The molecule has 27 heavy (non-hydrogen) atoms. The highest BCUT2D eigenvalue weighted by Gasteiger charge is 2.37. The van der Waals surface area contributed by atoms with Gasteiger partial charge in [0.25, 0.3) is 10.0 Å². The Morgan fingerprint density at radius 2 is 1.96 bits per heavy atom. The number of fused-ring (bicyclic) bond motifs is 1. The lowest BCUT2D eigenvalue weighted by Gasteiger charge is -2.19. The van der Waals surface area contributed by atoms with E-state index in [9.17, 15) is 13.2 Å². The lowest BCUT2D eigenvalue weighted by molar-refractivity contribution is -0.131. The molecule has 0 aliphatic carbocycles. The highest BCUT2D eigenvalue weighted by atomic mass is 32.2. The van der Waals surface area contributed by atoms with Crippen molar-refractivity contribution in [2.45, 2.75) is 10.8 Å². The molecule has 1 unspecified atom stereocenters. The van der Waals surface area contributed by atoms with Gasteiger partial charge in [0.15, 0.2) is 5.82 Å². The predicted octanol–water partition coefficient (Wildman–Crippen LogP) is 1.43.